The molecule has 18 heteroatoms. The van der Waals surface area contributed by atoms with Crippen LogP contribution >= 0.6 is 0 Å². The first kappa shape index (κ1) is 42.4. The first-order valence-electron chi connectivity index (χ1n) is 19.2. The maximum atomic E-state index is 11.9. The summed E-state index contributed by atoms with van der Waals surface area (Å²) in [6, 6.07) is 18.9. The van der Waals surface area contributed by atoms with Crippen molar-refractivity contribution in [2.45, 2.75) is 36.6 Å². The van der Waals surface area contributed by atoms with E-state index in [4.69, 9.17) is 56.8 Å². The molecule has 0 saturated carbocycles. The van der Waals surface area contributed by atoms with E-state index in [1.54, 1.807) is 66.7 Å². The minimum atomic E-state index is -0.546. The molecule has 6 heterocycles. The van der Waals surface area contributed by atoms with Gasteiger partial charge in [-0.15, -0.1) is 0 Å². The summed E-state index contributed by atoms with van der Waals surface area (Å²) in [6.07, 6.45) is 0.0992. The summed E-state index contributed by atoms with van der Waals surface area (Å²) >= 11 is 0. The third-order valence-electron chi connectivity index (χ3n) is 8.87. The fourth-order valence-corrected chi connectivity index (χ4v) is 4.84. The van der Waals surface area contributed by atoms with Crippen LogP contribution in [0.1, 0.15) is 62.1 Å². The lowest BCUT2D eigenvalue weighted by Crippen LogP contribution is -2.17. The van der Waals surface area contributed by atoms with Crippen LogP contribution in [0.25, 0.3) is 0 Å². The molecule has 3 aromatic rings. The van der Waals surface area contributed by atoms with Crippen LogP contribution in [0.2, 0.25) is 0 Å². The van der Waals surface area contributed by atoms with Gasteiger partial charge in [0.15, 0.2) is 0 Å². The summed E-state index contributed by atoms with van der Waals surface area (Å²) in [4.78, 5) is 70.8. The summed E-state index contributed by atoms with van der Waals surface area (Å²) in [5.74, 6) is -2.88. The molecule has 0 bridgehead atoms. The monoisotopic (exact) mass is 834 g/mol. The van der Waals surface area contributed by atoms with E-state index in [1.807, 2.05) is 0 Å². The summed E-state index contributed by atoms with van der Waals surface area (Å²) < 4.78 is 60.1. The van der Waals surface area contributed by atoms with E-state index < -0.39 is 35.8 Å². The Balaban J connectivity index is 0.000000136. The molecule has 6 saturated heterocycles. The Bertz CT molecular complexity index is 1850. The predicted octanol–water partition coefficient (Wildman–Crippen LogP) is 2.39. The van der Waals surface area contributed by atoms with Gasteiger partial charge in [-0.05, 0) is 54.6 Å². The zero-order valence-corrected chi connectivity index (χ0v) is 32.2. The number of rotatable bonds is 18. The number of epoxide rings is 6. The van der Waals surface area contributed by atoms with Crippen LogP contribution in [0, 0.1) is 0 Å². The molecule has 60 heavy (non-hydrogen) atoms. The van der Waals surface area contributed by atoms with Gasteiger partial charge in [0, 0.05) is 0 Å². The molecule has 6 aliphatic heterocycles. The summed E-state index contributed by atoms with van der Waals surface area (Å²) in [5.41, 5.74) is 1.84. The van der Waals surface area contributed by atoms with Gasteiger partial charge in [0.2, 0.25) is 0 Å². The van der Waals surface area contributed by atoms with Gasteiger partial charge < -0.3 is 56.8 Å². The fraction of sp³-hybridized carbons (Fsp3) is 0.429. The molecule has 6 fully saturated rings. The molecule has 6 atom stereocenters. The minimum Gasteiger partial charge on any atom is -0.459 e. The fourth-order valence-electron chi connectivity index (χ4n) is 4.84. The Morgan fingerprint density at radius 2 is 0.600 bits per heavy atom. The van der Waals surface area contributed by atoms with E-state index in [2.05, 4.69) is 0 Å². The van der Waals surface area contributed by atoms with E-state index >= 15 is 0 Å². The topological polar surface area (TPSA) is 233 Å². The molecular weight excluding hydrogens is 792 g/mol. The second kappa shape index (κ2) is 20.5. The number of ether oxygens (including phenoxy) is 12. The smallest absolute Gasteiger partial charge is 0.339 e. The Labute approximate surface area is 343 Å². The van der Waals surface area contributed by atoms with Crippen LogP contribution in [-0.4, -0.2) is 152 Å². The summed E-state index contributed by atoms with van der Waals surface area (Å²) in [5, 5.41) is 0. The number of hydrogen-bond donors (Lipinski definition) is 0. The van der Waals surface area contributed by atoms with Gasteiger partial charge in [0.25, 0.3) is 0 Å². The molecule has 0 amide bonds. The van der Waals surface area contributed by atoms with E-state index in [-0.39, 0.29) is 87.4 Å². The van der Waals surface area contributed by atoms with Crippen molar-refractivity contribution in [3.05, 3.63) is 106 Å². The van der Waals surface area contributed by atoms with Gasteiger partial charge in [0.05, 0.1) is 73.0 Å². The highest BCUT2D eigenvalue weighted by Gasteiger charge is 2.30. The average Bonchev–Trinajstić information content (AvgIpc) is 4.06. The van der Waals surface area contributed by atoms with Gasteiger partial charge in [-0.1, -0.05) is 18.2 Å². The van der Waals surface area contributed by atoms with Crippen molar-refractivity contribution in [3.8, 4) is 0 Å². The van der Waals surface area contributed by atoms with Crippen molar-refractivity contribution in [2.24, 2.45) is 0 Å². The van der Waals surface area contributed by atoms with Crippen molar-refractivity contribution in [3.63, 3.8) is 0 Å². The van der Waals surface area contributed by atoms with E-state index in [1.165, 1.54) is 6.07 Å². The highest BCUT2D eigenvalue weighted by molar-refractivity contribution is 6.03. The van der Waals surface area contributed by atoms with Crippen LogP contribution in [0.5, 0.6) is 0 Å². The molecule has 0 spiro atoms. The first-order chi connectivity index (χ1) is 29.2. The third kappa shape index (κ3) is 14.5. The van der Waals surface area contributed by atoms with Gasteiger partial charge in [-0.3, -0.25) is 0 Å². The first-order valence-corrected chi connectivity index (χ1v) is 19.2. The van der Waals surface area contributed by atoms with Crippen LogP contribution in [-0.2, 0) is 56.8 Å². The number of benzene rings is 3. The van der Waals surface area contributed by atoms with Gasteiger partial charge in [-0.25, -0.2) is 28.8 Å². The van der Waals surface area contributed by atoms with Crippen LogP contribution in [0.4, 0.5) is 0 Å². The summed E-state index contributed by atoms with van der Waals surface area (Å²) in [7, 11) is 0. The lowest BCUT2D eigenvalue weighted by Gasteiger charge is -2.08. The second-order valence-electron chi connectivity index (χ2n) is 14.0. The van der Waals surface area contributed by atoms with E-state index in [0.29, 0.717) is 61.9 Å². The maximum absolute atomic E-state index is 11.9. The molecule has 0 aromatic heterocycles. The average molecular weight is 835 g/mol. The van der Waals surface area contributed by atoms with Crippen LogP contribution < -0.4 is 0 Å². The molecule has 3 aromatic carbocycles. The quantitative estimate of drug-likeness (QED) is 0.102. The predicted molar refractivity (Wildman–Crippen MR) is 199 cm³/mol. The summed E-state index contributed by atoms with van der Waals surface area (Å²) in [6.45, 7) is 5.19. The number of esters is 6. The van der Waals surface area contributed by atoms with Crippen molar-refractivity contribution in [1.29, 1.82) is 0 Å². The molecule has 0 radical (unpaired) electrons. The number of hydrogen-bond acceptors (Lipinski definition) is 18. The minimum absolute atomic E-state index is 0.00919. The molecule has 0 aliphatic carbocycles. The maximum Gasteiger partial charge on any atom is 0.339 e. The molecule has 0 N–H and O–H groups in total. The van der Waals surface area contributed by atoms with Crippen molar-refractivity contribution in [1.82, 2.24) is 0 Å². The van der Waals surface area contributed by atoms with E-state index in [9.17, 15) is 28.8 Å². The molecule has 318 valence electrons. The van der Waals surface area contributed by atoms with E-state index in [0.717, 1.165) is 0 Å². The third-order valence-corrected chi connectivity index (χ3v) is 8.87. The molecule has 9 rings (SSSR count). The standard InChI is InChI=1S/3C14H14O6/c15-13(19-7-11-5-17-11)9-1-2-10(4-3-9)14(16)20-8-12-6-18-12;15-13(19-7-11-5-17-11)9-2-1-3-10(4-9)14(16)20-8-12-6-18-12;15-13(19-7-9-5-17-9)11-3-1-2-4-12(11)14(16)20-8-10-6-18-10/h2*1-4,11-12H,5-8H2;1-4,9-10H,5-8H2. The lowest BCUT2D eigenvalue weighted by atomic mass is 10.1. The Morgan fingerprint density at radius 3 is 0.867 bits per heavy atom. The zero-order valence-electron chi connectivity index (χ0n) is 32.2. The van der Waals surface area contributed by atoms with Crippen LogP contribution in [0.15, 0.2) is 72.8 Å². The SMILES string of the molecule is O=C(OCC1CO1)c1ccc(C(=O)OCC2CO2)cc1.O=C(OCC1CO1)c1cccc(C(=O)OCC2CO2)c1.O=C(OCC1CO1)c1ccccc1C(=O)OCC1CO1. The van der Waals surface area contributed by atoms with Gasteiger partial charge >= 0.3 is 35.8 Å². The molecule has 6 unspecified atom stereocenters. The van der Waals surface area contributed by atoms with Gasteiger partial charge in [-0.2, -0.15) is 0 Å². The lowest BCUT2D eigenvalue weighted by molar-refractivity contribution is 0.0430. The van der Waals surface area contributed by atoms with Crippen LogP contribution in [0.3, 0.4) is 0 Å². The zero-order chi connectivity index (χ0) is 41.8. The van der Waals surface area contributed by atoms with Crippen molar-refractivity contribution < 1.29 is 85.6 Å². The molecule has 6 aliphatic rings. The normalized spacial score (nSPS) is 23.0. The van der Waals surface area contributed by atoms with Crippen molar-refractivity contribution >= 4 is 35.8 Å². The van der Waals surface area contributed by atoms with Gasteiger partial charge in [0.1, 0.15) is 76.3 Å². The number of carbonyl (C=O) groups is 6. The second-order valence-corrected chi connectivity index (χ2v) is 14.0. The Morgan fingerprint density at radius 1 is 0.350 bits per heavy atom. The molecular formula is C42H42O18. The molecule has 18 nitrogen and oxygen atoms in total. The Hall–Kier alpha value is -5.76. The largest absolute Gasteiger partial charge is 0.459 e. The Kier molecular flexibility index (Phi) is 14.5. The highest BCUT2D eigenvalue weighted by atomic mass is 16.6. The number of carbonyl (C=O) groups excluding carboxylic acids is 6. The van der Waals surface area contributed by atoms with Crippen molar-refractivity contribution in [2.75, 3.05) is 79.3 Å². The highest BCUT2D eigenvalue weighted by Crippen LogP contribution is 2.18.